The maximum Gasteiger partial charge on any atom is 0.157 e. The minimum Gasteiger partial charge on any atom is -0.486 e. The van der Waals surface area contributed by atoms with Gasteiger partial charge in [0.15, 0.2) is 5.75 Å². The second kappa shape index (κ2) is 8.20. The lowest BCUT2D eigenvalue weighted by Gasteiger charge is -2.22. The lowest BCUT2D eigenvalue weighted by Crippen LogP contribution is -2.36. The Morgan fingerprint density at radius 1 is 1.26 bits per heavy atom. The largest absolute Gasteiger partial charge is 0.486 e. The van der Waals surface area contributed by atoms with Gasteiger partial charge in [0, 0.05) is 13.1 Å². The summed E-state index contributed by atoms with van der Waals surface area (Å²) in [5, 5.41) is 7.76. The number of ether oxygens (including phenoxy) is 1. The van der Waals surface area contributed by atoms with E-state index in [0.717, 1.165) is 31.8 Å². The van der Waals surface area contributed by atoms with Gasteiger partial charge in [-0.2, -0.15) is 5.10 Å². The molecule has 110 valence electrons. The molecule has 4 heteroatoms. The van der Waals surface area contributed by atoms with Gasteiger partial charge in [0.05, 0.1) is 12.4 Å². The van der Waals surface area contributed by atoms with E-state index in [4.69, 9.17) is 4.74 Å². The lowest BCUT2D eigenvalue weighted by molar-refractivity contribution is 0.148. The molecule has 0 aliphatic heterocycles. The first kappa shape index (κ1) is 16.0. The summed E-state index contributed by atoms with van der Waals surface area (Å²) in [6.07, 6.45) is 5.08. The van der Waals surface area contributed by atoms with Crippen LogP contribution in [0.2, 0.25) is 0 Å². The molecule has 1 atom stereocenters. The van der Waals surface area contributed by atoms with Crippen molar-refractivity contribution in [2.24, 2.45) is 11.8 Å². The first-order valence-electron chi connectivity index (χ1n) is 7.42. The van der Waals surface area contributed by atoms with Gasteiger partial charge in [0.2, 0.25) is 0 Å². The van der Waals surface area contributed by atoms with Gasteiger partial charge in [-0.1, -0.05) is 34.6 Å². The first-order valence-corrected chi connectivity index (χ1v) is 7.42. The monoisotopic (exact) mass is 267 g/mol. The molecule has 0 saturated heterocycles. The van der Waals surface area contributed by atoms with E-state index in [0.29, 0.717) is 11.8 Å². The molecule has 0 aliphatic carbocycles. The summed E-state index contributed by atoms with van der Waals surface area (Å²) in [6.45, 7) is 13.8. The van der Waals surface area contributed by atoms with Gasteiger partial charge in [-0.15, -0.1) is 0 Å². The maximum absolute atomic E-state index is 6.04. The predicted molar refractivity (Wildman–Crippen MR) is 79.5 cm³/mol. The summed E-state index contributed by atoms with van der Waals surface area (Å²) in [4.78, 5) is 0. The highest BCUT2D eigenvalue weighted by Crippen LogP contribution is 2.15. The Labute approximate surface area is 117 Å². The van der Waals surface area contributed by atoms with Crippen LogP contribution in [0.4, 0.5) is 0 Å². The fraction of sp³-hybridized carbons (Fsp3) is 0.800. The van der Waals surface area contributed by atoms with Gasteiger partial charge in [-0.25, -0.2) is 0 Å². The second-order valence-electron chi connectivity index (χ2n) is 5.89. The Morgan fingerprint density at radius 3 is 2.58 bits per heavy atom. The highest BCUT2D eigenvalue weighted by atomic mass is 16.5. The van der Waals surface area contributed by atoms with Gasteiger partial charge in [-0.3, -0.25) is 4.68 Å². The third-order valence-electron chi connectivity index (χ3n) is 2.99. The van der Waals surface area contributed by atoms with Crippen LogP contribution in [0.15, 0.2) is 12.4 Å². The van der Waals surface area contributed by atoms with Crippen molar-refractivity contribution >= 4 is 0 Å². The molecule has 1 rings (SSSR count). The predicted octanol–water partition coefficient (Wildman–Crippen LogP) is 2.94. The molecule has 1 heterocycles. The smallest absolute Gasteiger partial charge is 0.157 e. The average Bonchev–Trinajstić information content (AvgIpc) is 2.75. The molecule has 0 fully saturated rings. The highest BCUT2D eigenvalue weighted by Gasteiger charge is 2.16. The van der Waals surface area contributed by atoms with Crippen molar-refractivity contribution in [1.29, 1.82) is 0 Å². The van der Waals surface area contributed by atoms with Crippen molar-refractivity contribution in [2.75, 3.05) is 13.1 Å². The highest BCUT2D eigenvalue weighted by molar-refractivity contribution is 5.12. The molecule has 0 radical (unpaired) electrons. The molecule has 0 aromatic carbocycles. The van der Waals surface area contributed by atoms with Crippen LogP contribution >= 0.6 is 0 Å². The quantitative estimate of drug-likeness (QED) is 0.747. The summed E-state index contributed by atoms with van der Waals surface area (Å²) < 4.78 is 7.98. The van der Waals surface area contributed by atoms with Gasteiger partial charge in [-0.05, 0) is 24.8 Å². The van der Waals surface area contributed by atoms with Crippen LogP contribution in [0.3, 0.4) is 0 Å². The maximum atomic E-state index is 6.04. The zero-order valence-electron chi connectivity index (χ0n) is 13.0. The molecule has 4 nitrogen and oxygen atoms in total. The van der Waals surface area contributed by atoms with Crippen LogP contribution in [0.25, 0.3) is 0 Å². The average molecular weight is 267 g/mol. The van der Waals surface area contributed by atoms with Gasteiger partial charge >= 0.3 is 0 Å². The zero-order chi connectivity index (χ0) is 14.3. The van der Waals surface area contributed by atoms with E-state index in [1.54, 1.807) is 0 Å². The van der Waals surface area contributed by atoms with Gasteiger partial charge < -0.3 is 10.1 Å². The first-order chi connectivity index (χ1) is 9.02. The molecule has 0 saturated carbocycles. The summed E-state index contributed by atoms with van der Waals surface area (Å²) in [5.41, 5.74) is 0. The number of nitrogens with one attached hydrogen (secondary N) is 1. The van der Waals surface area contributed by atoms with E-state index < -0.39 is 0 Å². The van der Waals surface area contributed by atoms with E-state index in [1.165, 1.54) is 0 Å². The van der Waals surface area contributed by atoms with E-state index in [2.05, 4.69) is 45.0 Å². The molecule has 0 amide bonds. The van der Waals surface area contributed by atoms with Crippen molar-refractivity contribution in [2.45, 2.75) is 53.7 Å². The Hall–Kier alpha value is -1.03. The van der Waals surface area contributed by atoms with Crippen LogP contribution < -0.4 is 10.1 Å². The molecule has 19 heavy (non-hydrogen) atoms. The topological polar surface area (TPSA) is 39.1 Å². The van der Waals surface area contributed by atoms with Gasteiger partial charge in [0.1, 0.15) is 6.10 Å². The molecule has 1 aromatic heterocycles. The molecular formula is C15H29N3O. The number of rotatable bonds is 9. The van der Waals surface area contributed by atoms with Crippen molar-refractivity contribution < 1.29 is 4.74 Å². The van der Waals surface area contributed by atoms with E-state index in [-0.39, 0.29) is 6.10 Å². The van der Waals surface area contributed by atoms with E-state index in [9.17, 15) is 0 Å². The van der Waals surface area contributed by atoms with Crippen LogP contribution in [0, 0.1) is 11.8 Å². The fourth-order valence-electron chi connectivity index (χ4n) is 1.86. The number of aryl methyl sites for hydroxylation is 1. The number of aromatic nitrogens is 2. The normalized spacial score (nSPS) is 13.2. The number of hydrogen-bond acceptors (Lipinski definition) is 3. The number of nitrogens with zero attached hydrogens (tertiary/aromatic N) is 2. The molecule has 1 unspecified atom stereocenters. The number of hydrogen-bond donors (Lipinski definition) is 1. The minimum atomic E-state index is 0.193. The van der Waals surface area contributed by atoms with Crippen molar-refractivity contribution in [3.05, 3.63) is 12.4 Å². The van der Waals surface area contributed by atoms with E-state index in [1.807, 2.05) is 17.1 Å². The second-order valence-corrected chi connectivity index (χ2v) is 5.89. The minimum absolute atomic E-state index is 0.193. The van der Waals surface area contributed by atoms with Crippen LogP contribution in [-0.4, -0.2) is 29.0 Å². The lowest BCUT2D eigenvalue weighted by atomic mass is 10.1. The van der Waals surface area contributed by atoms with Crippen LogP contribution in [0.1, 0.15) is 41.0 Å². The van der Waals surface area contributed by atoms with Crippen LogP contribution in [-0.2, 0) is 6.54 Å². The third kappa shape index (κ3) is 6.10. The van der Waals surface area contributed by atoms with Crippen molar-refractivity contribution in [1.82, 2.24) is 15.1 Å². The Kier molecular flexibility index (Phi) is 6.92. The summed E-state index contributed by atoms with van der Waals surface area (Å²) in [7, 11) is 0. The Balaban J connectivity index is 2.47. The summed E-state index contributed by atoms with van der Waals surface area (Å²) in [6, 6.07) is 0. The molecule has 1 aromatic rings. The zero-order valence-corrected chi connectivity index (χ0v) is 13.0. The van der Waals surface area contributed by atoms with Crippen LogP contribution in [0.5, 0.6) is 5.75 Å². The summed E-state index contributed by atoms with van der Waals surface area (Å²) >= 11 is 0. The molecule has 0 aliphatic rings. The van der Waals surface area contributed by atoms with Gasteiger partial charge in [0.25, 0.3) is 0 Å². The van der Waals surface area contributed by atoms with Crippen molar-refractivity contribution in [3.8, 4) is 5.75 Å². The van der Waals surface area contributed by atoms with E-state index >= 15 is 0 Å². The Bertz CT molecular complexity index is 347. The SMILES string of the molecule is CCCn1cc(OC(CNCC(C)C)C(C)C)cn1. The fourth-order valence-corrected chi connectivity index (χ4v) is 1.86. The third-order valence-corrected chi connectivity index (χ3v) is 2.99. The standard InChI is InChI=1S/C15H29N3O/c1-6-7-18-11-14(9-17-18)19-15(13(4)5)10-16-8-12(2)3/h9,11-13,15-16H,6-8,10H2,1-5H3. The molecular weight excluding hydrogens is 238 g/mol. The molecule has 0 spiro atoms. The molecule has 0 bridgehead atoms. The Morgan fingerprint density at radius 2 is 2.00 bits per heavy atom. The summed E-state index contributed by atoms with van der Waals surface area (Å²) in [5.74, 6) is 2.02. The van der Waals surface area contributed by atoms with Crippen molar-refractivity contribution in [3.63, 3.8) is 0 Å². The molecule has 1 N–H and O–H groups in total.